The summed E-state index contributed by atoms with van der Waals surface area (Å²) in [6.07, 6.45) is 0. The number of carbonyl (C=O) groups is 1. The van der Waals surface area contributed by atoms with E-state index in [-0.39, 0.29) is 11.8 Å². The van der Waals surface area contributed by atoms with E-state index in [4.69, 9.17) is 4.98 Å². The fourth-order valence-corrected chi connectivity index (χ4v) is 2.88. The van der Waals surface area contributed by atoms with Gasteiger partial charge in [0.1, 0.15) is 5.82 Å². The smallest absolute Gasteiger partial charge is 0.240 e. The number of fused-ring (bicyclic) bond motifs is 2. The maximum atomic E-state index is 12.6. The first-order valence-electron chi connectivity index (χ1n) is 7.04. The van der Waals surface area contributed by atoms with Crippen molar-refractivity contribution in [1.82, 2.24) is 4.98 Å². The van der Waals surface area contributed by atoms with E-state index in [2.05, 4.69) is 6.07 Å². The Labute approximate surface area is 122 Å². The second kappa shape index (κ2) is 4.42. The van der Waals surface area contributed by atoms with Crippen LogP contribution in [0.4, 0.5) is 11.5 Å². The third kappa shape index (κ3) is 1.74. The Balaban J connectivity index is 1.97. The van der Waals surface area contributed by atoms with Gasteiger partial charge in [-0.05, 0) is 31.2 Å². The Morgan fingerprint density at radius 2 is 1.71 bits per heavy atom. The van der Waals surface area contributed by atoms with E-state index in [1.54, 1.807) is 4.90 Å². The van der Waals surface area contributed by atoms with Crippen molar-refractivity contribution in [3.05, 3.63) is 66.2 Å². The molecule has 3 heteroatoms. The van der Waals surface area contributed by atoms with Crippen molar-refractivity contribution in [1.29, 1.82) is 0 Å². The Kier molecular flexibility index (Phi) is 2.54. The molecule has 1 atom stereocenters. The van der Waals surface area contributed by atoms with E-state index in [9.17, 15) is 4.79 Å². The first-order valence-corrected chi connectivity index (χ1v) is 7.04. The SMILES string of the molecule is CC1C(=O)N(c2ccccc2)c2nc3ccccc3cc21. The predicted molar refractivity (Wildman–Crippen MR) is 83.7 cm³/mol. The molecule has 0 bridgehead atoms. The third-order valence-corrected chi connectivity index (χ3v) is 4.02. The zero-order valence-corrected chi connectivity index (χ0v) is 11.7. The van der Waals surface area contributed by atoms with Crippen LogP contribution in [0.25, 0.3) is 10.9 Å². The molecule has 21 heavy (non-hydrogen) atoms. The summed E-state index contributed by atoms with van der Waals surface area (Å²) < 4.78 is 0. The Morgan fingerprint density at radius 1 is 1.00 bits per heavy atom. The third-order valence-electron chi connectivity index (χ3n) is 4.02. The highest BCUT2D eigenvalue weighted by Gasteiger charge is 2.36. The van der Waals surface area contributed by atoms with Crippen molar-refractivity contribution in [3.63, 3.8) is 0 Å². The summed E-state index contributed by atoms with van der Waals surface area (Å²) in [5.74, 6) is 0.689. The molecule has 0 N–H and O–H groups in total. The average Bonchev–Trinajstić information content (AvgIpc) is 2.77. The molecule has 2 aromatic carbocycles. The molecule has 1 unspecified atom stereocenters. The number of pyridine rings is 1. The topological polar surface area (TPSA) is 33.2 Å². The van der Waals surface area contributed by atoms with E-state index in [1.165, 1.54) is 0 Å². The summed E-state index contributed by atoms with van der Waals surface area (Å²) in [7, 11) is 0. The summed E-state index contributed by atoms with van der Waals surface area (Å²) in [6.45, 7) is 1.94. The highest BCUT2D eigenvalue weighted by molar-refractivity contribution is 6.10. The molecule has 0 saturated carbocycles. The van der Waals surface area contributed by atoms with Gasteiger partial charge in [-0.2, -0.15) is 0 Å². The molecule has 102 valence electrons. The normalized spacial score (nSPS) is 17.3. The van der Waals surface area contributed by atoms with Crippen LogP contribution < -0.4 is 4.90 Å². The molecule has 1 aromatic heterocycles. The maximum absolute atomic E-state index is 12.6. The lowest BCUT2D eigenvalue weighted by Crippen LogP contribution is -2.23. The minimum absolute atomic E-state index is 0.0824. The molecular weight excluding hydrogens is 260 g/mol. The van der Waals surface area contributed by atoms with Gasteiger partial charge >= 0.3 is 0 Å². The van der Waals surface area contributed by atoms with Crippen molar-refractivity contribution in [2.75, 3.05) is 4.90 Å². The highest BCUT2D eigenvalue weighted by Crippen LogP contribution is 2.41. The van der Waals surface area contributed by atoms with Crippen LogP contribution >= 0.6 is 0 Å². The fourth-order valence-electron chi connectivity index (χ4n) is 2.88. The van der Waals surface area contributed by atoms with Gasteiger partial charge in [0.2, 0.25) is 5.91 Å². The molecule has 3 nitrogen and oxygen atoms in total. The molecule has 0 fully saturated rings. The molecule has 1 amide bonds. The molecule has 3 aromatic rings. The zero-order chi connectivity index (χ0) is 14.4. The van der Waals surface area contributed by atoms with Gasteiger partial charge in [-0.25, -0.2) is 4.98 Å². The van der Waals surface area contributed by atoms with Gasteiger partial charge < -0.3 is 0 Å². The molecule has 1 aliphatic heterocycles. The molecule has 4 rings (SSSR count). The maximum Gasteiger partial charge on any atom is 0.240 e. The number of aromatic nitrogens is 1. The van der Waals surface area contributed by atoms with Gasteiger partial charge in [0, 0.05) is 10.9 Å². The average molecular weight is 274 g/mol. The van der Waals surface area contributed by atoms with Gasteiger partial charge in [-0.3, -0.25) is 9.69 Å². The van der Waals surface area contributed by atoms with Crippen LogP contribution in [0.3, 0.4) is 0 Å². The van der Waals surface area contributed by atoms with Gasteiger partial charge in [0.05, 0.1) is 17.1 Å². The van der Waals surface area contributed by atoms with Crippen molar-refractivity contribution in [3.8, 4) is 0 Å². The van der Waals surface area contributed by atoms with Crippen LogP contribution in [0.1, 0.15) is 18.4 Å². The zero-order valence-electron chi connectivity index (χ0n) is 11.7. The summed E-state index contributed by atoms with van der Waals surface area (Å²) in [4.78, 5) is 19.1. The van der Waals surface area contributed by atoms with Crippen LogP contribution in [0.5, 0.6) is 0 Å². The molecular formula is C18H14N2O. The Morgan fingerprint density at radius 3 is 2.52 bits per heavy atom. The van der Waals surface area contributed by atoms with Crippen LogP contribution in [-0.4, -0.2) is 10.9 Å². The quantitative estimate of drug-likeness (QED) is 0.671. The lowest BCUT2D eigenvalue weighted by molar-refractivity contribution is -0.118. The minimum atomic E-state index is -0.155. The van der Waals surface area contributed by atoms with Crippen LogP contribution in [0.2, 0.25) is 0 Å². The fraction of sp³-hybridized carbons (Fsp3) is 0.111. The largest absolute Gasteiger partial charge is 0.273 e. The van der Waals surface area contributed by atoms with Gasteiger partial charge in [0.15, 0.2) is 0 Å². The summed E-state index contributed by atoms with van der Waals surface area (Å²) >= 11 is 0. The first kappa shape index (κ1) is 12.1. The number of carbonyl (C=O) groups excluding carboxylic acids is 1. The summed E-state index contributed by atoms with van der Waals surface area (Å²) in [5, 5.41) is 1.07. The van der Waals surface area contributed by atoms with Crippen molar-refractivity contribution < 1.29 is 4.79 Å². The standard InChI is InChI=1S/C18H14N2O/c1-12-15-11-13-7-5-6-10-16(13)19-17(15)20(18(12)21)14-8-3-2-4-9-14/h2-12H,1H3. The van der Waals surface area contributed by atoms with Crippen molar-refractivity contribution in [2.24, 2.45) is 0 Å². The van der Waals surface area contributed by atoms with Crippen LogP contribution in [0.15, 0.2) is 60.7 Å². The molecule has 1 aliphatic rings. The minimum Gasteiger partial charge on any atom is -0.273 e. The number of para-hydroxylation sites is 2. The monoisotopic (exact) mass is 274 g/mol. The second-order valence-electron chi connectivity index (χ2n) is 5.32. The van der Waals surface area contributed by atoms with E-state index < -0.39 is 0 Å². The Hall–Kier alpha value is -2.68. The van der Waals surface area contributed by atoms with Crippen LogP contribution in [0, 0.1) is 0 Å². The summed E-state index contributed by atoms with van der Waals surface area (Å²) in [5.41, 5.74) is 2.79. The van der Waals surface area contributed by atoms with E-state index in [0.29, 0.717) is 0 Å². The molecule has 0 saturated heterocycles. The number of hydrogen-bond acceptors (Lipinski definition) is 2. The van der Waals surface area contributed by atoms with Gasteiger partial charge in [-0.1, -0.05) is 36.4 Å². The number of nitrogens with zero attached hydrogens (tertiary/aromatic N) is 2. The number of rotatable bonds is 1. The molecule has 0 spiro atoms. The number of anilines is 2. The molecule has 0 radical (unpaired) electrons. The molecule has 0 aliphatic carbocycles. The van der Waals surface area contributed by atoms with Crippen molar-refractivity contribution >= 4 is 28.3 Å². The van der Waals surface area contributed by atoms with Gasteiger partial charge in [0.25, 0.3) is 0 Å². The number of hydrogen-bond donors (Lipinski definition) is 0. The first-order chi connectivity index (χ1) is 10.3. The van der Waals surface area contributed by atoms with Crippen LogP contribution in [-0.2, 0) is 4.79 Å². The summed E-state index contributed by atoms with van der Waals surface area (Å²) in [6, 6.07) is 19.8. The van der Waals surface area contributed by atoms with E-state index in [1.807, 2.05) is 61.5 Å². The lowest BCUT2D eigenvalue weighted by atomic mass is 10.0. The Bertz CT molecular complexity index is 842. The highest BCUT2D eigenvalue weighted by atomic mass is 16.2. The van der Waals surface area contributed by atoms with Gasteiger partial charge in [-0.15, -0.1) is 0 Å². The number of amides is 1. The molecule has 2 heterocycles. The van der Waals surface area contributed by atoms with E-state index >= 15 is 0 Å². The lowest BCUT2D eigenvalue weighted by Gasteiger charge is -2.16. The van der Waals surface area contributed by atoms with E-state index in [0.717, 1.165) is 28.0 Å². The number of benzene rings is 2. The van der Waals surface area contributed by atoms with Crippen molar-refractivity contribution in [2.45, 2.75) is 12.8 Å². The second-order valence-corrected chi connectivity index (χ2v) is 5.32. The predicted octanol–water partition coefficient (Wildman–Crippen LogP) is 4.02.